The Kier molecular flexibility index (Phi) is 3.69. The lowest BCUT2D eigenvalue weighted by atomic mass is 10.3. The summed E-state index contributed by atoms with van der Waals surface area (Å²) in [6, 6.07) is 2.96. The molecule has 2 heterocycles. The highest BCUT2D eigenvalue weighted by Gasteiger charge is 2.24. The van der Waals surface area contributed by atoms with Crippen LogP contribution in [0.3, 0.4) is 0 Å². The maximum absolute atomic E-state index is 12.2. The molecule has 0 bridgehead atoms. The molecule has 2 N–H and O–H groups in total. The Balaban J connectivity index is 2.23. The number of thiophene rings is 1. The average Bonchev–Trinajstić information content (AvgIpc) is 2.99. The zero-order chi connectivity index (χ0) is 13.2. The first-order chi connectivity index (χ1) is 8.54. The maximum atomic E-state index is 12.2. The van der Waals surface area contributed by atoms with Gasteiger partial charge in [-0.2, -0.15) is 5.10 Å². The SMILES string of the molecule is COc1ccsc1S(=O)(=O)N[C@@H](C)c1ccn[nH]1. The van der Waals surface area contributed by atoms with Crippen LogP contribution in [0.2, 0.25) is 0 Å². The van der Waals surface area contributed by atoms with Crippen LogP contribution in [0.25, 0.3) is 0 Å². The molecule has 0 unspecified atom stereocenters. The summed E-state index contributed by atoms with van der Waals surface area (Å²) in [5.74, 6) is 0.351. The second-order valence-corrected chi connectivity index (χ2v) is 6.46. The summed E-state index contributed by atoms with van der Waals surface area (Å²) in [5.41, 5.74) is 0.703. The first-order valence-electron chi connectivity index (χ1n) is 5.17. The summed E-state index contributed by atoms with van der Waals surface area (Å²) in [6.45, 7) is 1.74. The fourth-order valence-corrected chi connectivity index (χ4v) is 4.00. The molecule has 1 atom stereocenters. The van der Waals surface area contributed by atoms with Crippen molar-refractivity contribution in [1.29, 1.82) is 0 Å². The third-order valence-corrected chi connectivity index (χ3v) is 5.37. The van der Waals surface area contributed by atoms with E-state index < -0.39 is 10.0 Å². The molecule has 2 aromatic rings. The third-order valence-electron chi connectivity index (χ3n) is 2.38. The van der Waals surface area contributed by atoms with Crippen molar-refractivity contribution in [2.45, 2.75) is 17.2 Å². The molecule has 2 rings (SSSR count). The number of H-pyrrole nitrogens is 1. The van der Waals surface area contributed by atoms with Crippen molar-refractivity contribution >= 4 is 21.4 Å². The van der Waals surface area contributed by atoms with Gasteiger partial charge in [0.05, 0.1) is 18.8 Å². The summed E-state index contributed by atoms with van der Waals surface area (Å²) < 4.78 is 32.1. The van der Waals surface area contributed by atoms with Gasteiger partial charge in [0.15, 0.2) is 4.21 Å². The largest absolute Gasteiger partial charge is 0.494 e. The van der Waals surface area contributed by atoms with Gasteiger partial charge in [-0.1, -0.05) is 0 Å². The fourth-order valence-electron chi connectivity index (χ4n) is 1.49. The minimum Gasteiger partial charge on any atom is -0.494 e. The van der Waals surface area contributed by atoms with E-state index in [9.17, 15) is 8.42 Å². The maximum Gasteiger partial charge on any atom is 0.254 e. The number of nitrogens with zero attached hydrogens (tertiary/aromatic N) is 1. The first kappa shape index (κ1) is 13.1. The molecule has 0 aliphatic carbocycles. The van der Waals surface area contributed by atoms with Crippen molar-refractivity contribution in [2.75, 3.05) is 7.11 Å². The van der Waals surface area contributed by atoms with E-state index in [0.29, 0.717) is 11.4 Å². The van der Waals surface area contributed by atoms with Gasteiger partial charge in [-0.05, 0) is 24.4 Å². The van der Waals surface area contributed by atoms with Crippen molar-refractivity contribution in [3.05, 3.63) is 29.4 Å². The van der Waals surface area contributed by atoms with Crippen molar-refractivity contribution in [2.24, 2.45) is 0 Å². The Labute approximate surface area is 109 Å². The predicted octanol–water partition coefficient (Wildman–Crippen LogP) is 1.52. The van der Waals surface area contributed by atoms with E-state index in [1.54, 1.807) is 30.6 Å². The highest BCUT2D eigenvalue weighted by molar-refractivity contribution is 7.91. The number of sulfonamides is 1. The smallest absolute Gasteiger partial charge is 0.254 e. The summed E-state index contributed by atoms with van der Waals surface area (Å²) >= 11 is 1.12. The van der Waals surface area contributed by atoms with Crippen LogP contribution in [0.4, 0.5) is 0 Å². The van der Waals surface area contributed by atoms with Crippen LogP contribution in [-0.2, 0) is 10.0 Å². The normalized spacial score (nSPS) is 13.4. The van der Waals surface area contributed by atoms with Gasteiger partial charge in [-0.3, -0.25) is 5.10 Å². The molecule has 0 radical (unpaired) electrons. The van der Waals surface area contributed by atoms with Crippen LogP contribution in [0.5, 0.6) is 5.75 Å². The molecule has 0 aliphatic rings. The Morgan fingerprint density at radius 3 is 2.89 bits per heavy atom. The van der Waals surface area contributed by atoms with Gasteiger partial charge in [0.25, 0.3) is 10.0 Å². The number of ether oxygens (including phenoxy) is 1. The molecule has 0 saturated heterocycles. The van der Waals surface area contributed by atoms with Crippen molar-refractivity contribution in [3.63, 3.8) is 0 Å². The Bertz CT molecular complexity index is 604. The summed E-state index contributed by atoms with van der Waals surface area (Å²) in [7, 11) is -2.15. The van der Waals surface area contributed by atoms with Crippen LogP contribution in [0.15, 0.2) is 27.9 Å². The first-order valence-corrected chi connectivity index (χ1v) is 7.54. The quantitative estimate of drug-likeness (QED) is 0.873. The van der Waals surface area contributed by atoms with Crippen LogP contribution >= 0.6 is 11.3 Å². The number of aromatic amines is 1. The highest BCUT2D eigenvalue weighted by atomic mass is 32.2. The third kappa shape index (κ3) is 2.55. The van der Waals surface area contributed by atoms with E-state index in [1.807, 2.05) is 0 Å². The monoisotopic (exact) mass is 287 g/mol. The van der Waals surface area contributed by atoms with Crippen molar-refractivity contribution < 1.29 is 13.2 Å². The highest BCUT2D eigenvalue weighted by Crippen LogP contribution is 2.30. The molecule has 2 aromatic heterocycles. The van der Waals surface area contributed by atoms with Gasteiger partial charge in [-0.15, -0.1) is 11.3 Å². The van der Waals surface area contributed by atoms with Gasteiger partial charge in [0, 0.05) is 6.20 Å². The fraction of sp³-hybridized carbons (Fsp3) is 0.300. The molecular weight excluding hydrogens is 274 g/mol. The number of nitrogens with one attached hydrogen (secondary N) is 2. The number of hydrogen-bond acceptors (Lipinski definition) is 5. The molecule has 8 heteroatoms. The molecule has 0 saturated carbocycles. The number of hydrogen-bond donors (Lipinski definition) is 2. The summed E-state index contributed by atoms with van der Waals surface area (Å²) in [4.78, 5) is 0. The van der Waals surface area contributed by atoms with Crippen LogP contribution in [0, 0.1) is 0 Å². The molecule has 98 valence electrons. The van der Waals surface area contributed by atoms with Crippen LogP contribution in [0.1, 0.15) is 18.7 Å². The molecule has 0 spiro atoms. The minimum absolute atomic E-state index is 0.177. The van der Waals surface area contributed by atoms with E-state index in [2.05, 4.69) is 14.9 Å². The molecule has 0 aromatic carbocycles. The predicted molar refractivity (Wildman–Crippen MR) is 68.2 cm³/mol. The van der Waals surface area contributed by atoms with E-state index in [4.69, 9.17) is 4.74 Å². The Morgan fingerprint density at radius 2 is 2.28 bits per heavy atom. The van der Waals surface area contributed by atoms with E-state index in [0.717, 1.165) is 11.3 Å². The molecule has 18 heavy (non-hydrogen) atoms. The summed E-state index contributed by atoms with van der Waals surface area (Å²) in [6.07, 6.45) is 1.58. The van der Waals surface area contributed by atoms with Gasteiger partial charge in [0.1, 0.15) is 5.75 Å². The molecule has 0 fully saturated rings. The molecular formula is C10H13N3O3S2. The van der Waals surface area contributed by atoms with Gasteiger partial charge >= 0.3 is 0 Å². The van der Waals surface area contributed by atoms with E-state index in [-0.39, 0.29) is 10.3 Å². The lowest BCUT2D eigenvalue weighted by Gasteiger charge is -2.12. The second-order valence-electron chi connectivity index (χ2n) is 3.63. The number of aromatic nitrogens is 2. The number of rotatable bonds is 5. The van der Waals surface area contributed by atoms with Crippen molar-refractivity contribution in [1.82, 2.24) is 14.9 Å². The zero-order valence-corrected chi connectivity index (χ0v) is 11.5. The van der Waals surface area contributed by atoms with Gasteiger partial charge < -0.3 is 4.74 Å². The average molecular weight is 287 g/mol. The lowest BCUT2D eigenvalue weighted by Crippen LogP contribution is -2.26. The lowest BCUT2D eigenvalue weighted by molar-refractivity contribution is 0.406. The zero-order valence-electron chi connectivity index (χ0n) is 9.88. The second kappa shape index (κ2) is 5.09. The standard InChI is InChI=1S/C10H13N3O3S2/c1-7(8-3-5-11-12-8)13-18(14,15)10-9(16-2)4-6-17-10/h3-7,13H,1-2H3,(H,11,12)/t7-/m0/s1. The number of methoxy groups -OCH3 is 1. The van der Waals surface area contributed by atoms with Crippen LogP contribution < -0.4 is 9.46 Å². The topological polar surface area (TPSA) is 84.1 Å². The van der Waals surface area contributed by atoms with Gasteiger partial charge in [-0.25, -0.2) is 13.1 Å². The van der Waals surface area contributed by atoms with E-state index >= 15 is 0 Å². The van der Waals surface area contributed by atoms with Gasteiger partial charge in [0.2, 0.25) is 0 Å². The Hall–Kier alpha value is -1.38. The molecule has 0 amide bonds. The van der Waals surface area contributed by atoms with Crippen molar-refractivity contribution in [3.8, 4) is 5.75 Å². The Morgan fingerprint density at radius 1 is 1.50 bits per heavy atom. The van der Waals surface area contributed by atoms with E-state index in [1.165, 1.54) is 7.11 Å². The summed E-state index contributed by atoms with van der Waals surface area (Å²) in [5, 5.41) is 8.19. The minimum atomic E-state index is -3.59. The molecule has 6 nitrogen and oxygen atoms in total. The van der Waals surface area contributed by atoms with Crippen LogP contribution in [-0.4, -0.2) is 25.7 Å². The molecule has 0 aliphatic heterocycles.